The highest BCUT2D eigenvalue weighted by atomic mass is 15.1. The van der Waals surface area contributed by atoms with Crippen LogP contribution in [0.4, 0.5) is 5.69 Å². The Balaban J connectivity index is 1.62. The van der Waals surface area contributed by atoms with Crippen molar-refractivity contribution in [2.24, 2.45) is 0 Å². The van der Waals surface area contributed by atoms with Crippen LogP contribution >= 0.6 is 0 Å². The van der Waals surface area contributed by atoms with Gasteiger partial charge in [0.25, 0.3) is 0 Å². The van der Waals surface area contributed by atoms with E-state index in [-0.39, 0.29) is 0 Å². The van der Waals surface area contributed by atoms with Gasteiger partial charge in [0.15, 0.2) is 12.4 Å². The monoisotopic (exact) mass is 393 g/mol. The zero-order valence-corrected chi connectivity index (χ0v) is 18.9. The molecule has 0 bridgehead atoms. The van der Waals surface area contributed by atoms with Gasteiger partial charge in [-0.25, -0.2) is 4.57 Å². The lowest BCUT2D eigenvalue weighted by molar-refractivity contribution is -0.697. The SMILES string of the molecule is CCCCCCCCCCCC[n+]1ccc(/C=C\c2ccc(N(C)C)cc2)cc1. The molecule has 0 spiro atoms. The van der Waals surface area contributed by atoms with Crippen LogP contribution in [0.3, 0.4) is 0 Å². The minimum absolute atomic E-state index is 1.13. The maximum Gasteiger partial charge on any atom is 0.169 e. The second-order valence-electron chi connectivity index (χ2n) is 8.37. The number of pyridine rings is 1. The maximum atomic E-state index is 2.31. The van der Waals surface area contributed by atoms with Gasteiger partial charge >= 0.3 is 0 Å². The molecule has 2 rings (SSSR count). The molecular formula is C27H41N2+. The Hall–Kier alpha value is -2.09. The van der Waals surface area contributed by atoms with Gasteiger partial charge in [-0.05, 0) is 29.7 Å². The molecule has 0 N–H and O–H groups in total. The van der Waals surface area contributed by atoms with Gasteiger partial charge in [-0.3, -0.25) is 0 Å². The Morgan fingerprint density at radius 3 is 1.66 bits per heavy atom. The number of benzene rings is 1. The van der Waals surface area contributed by atoms with Gasteiger partial charge in [-0.1, -0.05) is 82.6 Å². The van der Waals surface area contributed by atoms with E-state index in [9.17, 15) is 0 Å². The normalized spacial score (nSPS) is 11.3. The molecular weight excluding hydrogens is 352 g/mol. The van der Waals surface area contributed by atoms with E-state index < -0.39 is 0 Å². The predicted molar refractivity (Wildman–Crippen MR) is 128 cm³/mol. The highest BCUT2D eigenvalue weighted by Crippen LogP contribution is 2.14. The summed E-state index contributed by atoms with van der Waals surface area (Å²) < 4.78 is 2.31. The van der Waals surface area contributed by atoms with Gasteiger partial charge < -0.3 is 4.90 Å². The van der Waals surface area contributed by atoms with Crippen molar-refractivity contribution in [3.05, 3.63) is 59.9 Å². The van der Waals surface area contributed by atoms with E-state index >= 15 is 0 Å². The lowest BCUT2D eigenvalue weighted by Crippen LogP contribution is -2.32. The summed E-state index contributed by atoms with van der Waals surface area (Å²) in [5.41, 5.74) is 3.72. The topological polar surface area (TPSA) is 7.12 Å². The molecule has 0 fully saturated rings. The van der Waals surface area contributed by atoms with Gasteiger partial charge in [-0.15, -0.1) is 0 Å². The first-order chi connectivity index (χ1) is 14.2. The number of hydrogen-bond acceptors (Lipinski definition) is 1. The Morgan fingerprint density at radius 2 is 1.14 bits per heavy atom. The Labute approximate surface area is 179 Å². The molecule has 0 aliphatic carbocycles. The van der Waals surface area contributed by atoms with Crippen LogP contribution in [0.5, 0.6) is 0 Å². The first-order valence-corrected chi connectivity index (χ1v) is 11.6. The first kappa shape index (κ1) is 23.2. The largest absolute Gasteiger partial charge is 0.378 e. The fourth-order valence-corrected chi connectivity index (χ4v) is 3.59. The lowest BCUT2D eigenvalue weighted by atomic mass is 10.1. The van der Waals surface area contributed by atoms with Crippen molar-refractivity contribution in [3.8, 4) is 0 Å². The fourth-order valence-electron chi connectivity index (χ4n) is 3.59. The highest BCUT2D eigenvalue weighted by Gasteiger charge is 2.00. The van der Waals surface area contributed by atoms with Crippen molar-refractivity contribution < 1.29 is 4.57 Å². The molecule has 1 aromatic carbocycles. The molecule has 0 saturated heterocycles. The van der Waals surface area contributed by atoms with Crippen LogP contribution in [0, 0.1) is 0 Å². The molecule has 2 nitrogen and oxygen atoms in total. The van der Waals surface area contributed by atoms with Crippen molar-refractivity contribution in [3.63, 3.8) is 0 Å². The molecule has 29 heavy (non-hydrogen) atoms. The van der Waals surface area contributed by atoms with Gasteiger partial charge in [-0.2, -0.15) is 0 Å². The predicted octanol–water partition coefficient (Wildman–Crippen LogP) is 7.13. The van der Waals surface area contributed by atoms with Crippen LogP contribution < -0.4 is 9.47 Å². The van der Waals surface area contributed by atoms with Gasteiger partial charge in [0.1, 0.15) is 6.54 Å². The second kappa shape index (κ2) is 14.0. The molecule has 1 aromatic heterocycles. The van der Waals surface area contributed by atoms with E-state index in [0.717, 1.165) is 6.54 Å². The number of aromatic nitrogens is 1. The molecule has 0 amide bonds. The zero-order valence-electron chi connectivity index (χ0n) is 18.9. The third kappa shape index (κ3) is 9.78. The van der Waals surface area contributed by atoms with Crippen LogP contribution in [0.15, 0.2) is 48.8 Å². The molecule has 0 saturated carbocycles. The minimum Gasteiger partial charge on any atom is -0.378 e. The molecule has 0 atom stereocenters. The van der Waals surface area contributed by atoms with Gasteiger partial charge in [0.05, 0.1) is 0 Å². The van der Waals surface area contributed by atoms with E-state index in [2.05, 4.69) is 91.4 Å². The van der Waals surface area contributed by atoms with E-state index in [1.807, 2.05) is 0 Å². The molecule has 2 heteroatoms. The van der Waals surface area contributed by atoms with Crippen LogP contribution in [0.25, 0.3) is 12.2 Å². The summed E-state index contributed by atoms with van der Waals surface area (Å²) in [5, 5.41) is 0. The minimum atomic E-state index is 1.13. The fraction of sp³-hybridized carbons (Fsp3) is 0.519. The smallest absolute Gasteiger partial charge is 0.169 e. The molecule has 2 aromatic rings. The molecule has 0 aliphatic heterocycles. The summed E-state index contributed by atoms with van der Waals surface area (Å²) >= 11 is 0. The molecule has 0 aliphatic rings. The van der Waals surface area contributed by atoms with Gasteiger partial charge in [0, 0.05) is 38.3 Å². The quantitative estimate of drug-likeness (QED) is 0.244. The molecule has 0 radical (unpaired) electrons. The average Bonchev–Trinajstić information content (AvgIpc) is 2.74. The summed E-state index contributed by atoms with van der Waals surface area (Å²) in [5.74, 6) is 0. The Morgan fingerprint density at radius 1 is 0.655 bits per heavy atom. The van der Waals surface area contributed by atoms with Crippen molar-refractivity contribution in [1.82, 2.24) is 0 Å². The number of anilines is 1. The standard InChI is InChI=1S/C27H41N2/c1-4-5-6-7-8-9-10-11-12-13-22-29-23-20-26(21-24-29)15-14-25-16-18-27(19-17-25)28(2)3/h14-21,23-24H,4-13,22H2,1-3H3/q+1. The second-order valence-corrected chi connectivity index (χ2v) is 8.37. The van der Waals surface area contributed by atoms with E-state index in [1.54, 1.807) is 0 Å². The number of aryl methyl sites for hydroxylation is 1. The first-order valence-electron chi connectivity index (χ1n) is 11.6. The lowest BCUT2D eigenvalue weighted by Gasteiger charge is -2.11. The summed E-state index contributed by atoms with van der Waals surface area (Å²) in [7, 11) is 4.14. The van der Waals surface area contributed by atoms with Crippen molar-refractivity contribution in [2.75, 3.05) is 19.0 Å². The third-order valence-corrected chi connectivity index (χ3v) is 5.56. The van der Waals surface area contributed by atoms with Crippen molar-refractivity contribution in [1.29, 1.82) is 0 Å². The summed E-state index contributed by atoms with van der Waals surface area (Å²) in [6, 6.07) is 13.1. The maximum absolute atomic E-state index is 2.31. The number of nitrogens with zero attached hydrogens (tertiary/aromatic N) is 2. The number of rotatable bonds is 14. The third-order valence-electron chi connectivity index (χ3n) is 5.56. The Kier molecular flexibility index (Phi) is 11.2. The summed E-state index contributed by atoms with van der Waals surface area (Å²) in [6.45, 7) is 3.42. The van der Waals surface area contributed by atoms with Crippen LogP contribution in [0.2, 0.25) is 0 Å². The van der Waals surface area contributed by atoms with E-state index in [4.69, 9.17) is 0 Å². The number of unbranched alkanes of at least 4 members (excludes halogenated alkanes) is 9. The van der Waals surface area contributed by atoms with E-state index in [0.29, 0.717) is 0 Å². The van der Waals surface area contributed by atoms with Crippen LogP contribution in [-0.2, 0) is 6.54 Å². The average molecular weight is 394 g/mol. The highest BCUT2D eigenvalue weighted by molar-refractivity contribution is 5.70. The van der Waals surface area contributed by atoms with Crippen molar-refractivity contribution in [2.45, 2.75) is 77.7 Å². The zero-order chi connectivity index (χ0) is 20.7. The van der Waals surface area contributed by atoms with E-state index in [1.165, 1.54) is 81.0 Å². The van der Waals surface area contributed by atoms with Crippen LogP contribution in [-0.4, -0.2) is 14.1 Å². The molecule has 158 valence electrons. The molecule has 0 unspecified atom stereocenters. The summed E-state index contributed by atoms with van der Waals surface area (Å²) in [6.07, 6.45) is 22.7. The summed E-state index contributed by atoms with van der Waals surface area (Å²) in [4.78, 5) is 2.12. The van der Waals surface area contributed by atoms with Gasteiger partial charge in [0.2, 0.25) is 0 Å². The Bertz CT molecular complexity index is 683. The number of hydrogen-bond donors (Lipinski definition) is 0. The van der Waals surface area contributed by atoms with Crippen molar-refractivity contribution >= 4 is 17.8 Å². The molecule has 1 heterocycles. The van der Waals surface area contributed by atoms with Crippen LogP contribution in [0.1, 0.15) is 82.3 Å².